The molecule has 0 saturated heterocycles. The van der Waals surface area contributed by atoms with E-state index in [0.717, 1.165) is 11.1 Å². The molecule has 0 fully saturated rings. The maximum atomic E-state index is 12.7. The van der Waals surface area contributed by atoms with Crippen LogP contribution in [-0.4, -0.2) is 0 Å². The van der Waals surface area contributed by atoms with E-state index in [4.69, 9.17) is 0 Å². The summed E-state index contributed by atoms with van der Waals surface area (Å²) < 4.78 is 12.7. The fourth-order valence-corrected chi connectivity index (χ4v) is 1.02. The van der Waals surface area contributed by atoms with Gasteiger partial charge in [0.25, 0.3) is 0 Å². The summed E-state index contributed by atoms with van der Waals surface area (Å²) >= 11 is 0. The van der Waals surface area contributed by atoms with Crippen LogP contribution in [0.1, 0.15) is 19.4 Å². The van der Waals surface area contributed by atoms with E-state index in [1.807, 2.05) is 19.9 Å². The van der Waals surface area contributed by atoms with Crippen molar-refractivity contribution in [1.29, 1.82) is 0 Å². The number of benzene rings is 1. The summed E-state index contributed by atoms with van der Waals surface area (Å²) in [5.74, 6) is 0.168. The van der Waals surface area contributed by atoms with Gasteiger partial charge in [0.05, 0.1) is 0 Å². The summed E-state index contributed by atoms with van der Waals surface area (Å²) in [6, 6.07) is 6.54. The zero-order valence-electron chi connectivity index (χ0n) is 7.47. The Hall–Kier alpha value is -1.11. The molecule has 12 heavy (non-hydrogen) atoms. The molecule has 1 aromatic carbocycles. The third-order valence-electron chi connectivity index (χ3n) is 1.89. The van der Waals surface area contributed by atoms with Crippen molar-refractivity contribution in [3.05, 3.63) is 42.2 Å². The molecule has 0 aliphatic heterocycles. The SMILES string of the molecule is C=C(c1cccc(F)c1)C(C)C. The smallest absolute Gasteiger partial charge is 0.123 e. The lowest BCUT2D eigenvalue weighted by Gasteiger charge is -2.08. The first-order chi connectivity index (χ1) is 5.61. The highest BCUT2D eigenvalue weighted by atomic mass is 19.1. The summed E-state index contributed by atoms with van der Waals surface area (Å²) in [6.45, 7) is 8.00. The largest absolute Gasteiger partial charge is 0.207 e. The average molecular weight is 164 g/mol. The molecule has 64 valence electrons. The highest BCUT2D eigenvalue weighted by molar-refractivity contribution is 5.64. The minimum Gasteiger partial charge on any atom is -0.207 e. The van der Waals surface area contributed by atoms with Gasteiger partial charge in [-0.1, -0.05) is 32.6 Å². The minimum absolute atomic E-state index is 0.200. The molecule has 0 spiro atoms. The molecule has 0 aliphatic carbocycles. The zero-order chi connectivity index (χ0) is 9.14. The maximum absolute atomic E-state index is 12.7. The van der Waals surface area contributed by atoms with E-state index in [1.54, 1.807) is 6.07 Å². The van der Waals surface area contributed by atoms with Gasteiger partial charge in [0.1, 0.15) is 5.82 Å². The highest BCUT2D eigenvalue weighted by Gasteiger charge is 2.03. The van der Waals surface area contributed by atoms with Crippen molar-refractivity contribution >= 4 is 5.57 Å². The Labute approximate surface area is 72.7 Å². The van der Waals surface area contributed by atoms with Crippen LogP contribution in [0.3, 0.4) is 0 Å². The second kappa shape index (κ2) is 3.53. The Morgan fingerprint density at radius 1 is 1.42 bits per heavy atom. The van der Waals surface area contributed by atoms with E-state index in [2.05, 4.69) is 6.58 Å². The molecule has 0 nitrogen and oxygen atoms in total. The van der Waals surface area contributed by atoms with Gasteiger partial charge in [-0.15, -0.1) is 0 Å². The second-order valence-electron chi connectivity index (χ2n) is 3.19. The lowest BCUT2D eigenvalue weighted by Crippen LogP contribution is -1.91. The van der Waals surface area contributed by atoms with Gasteiger partial charge < -0.3 is 0 Å². The van der Waals surface area contributed by atoms with Crippen molar-refractivity contribution in [3.63, 3.8) is 0 Å². The number of allylic oxidation sites excluding steroid dienone is 1. The third kappa shape index (κ3) is 1.94. The third-order valence-corrected chi connectivity index (χ3v) is 1.89. The van der Waals surface area contributed by atoms with Gasteiger partial charge in [-0.25, -0.2) is 4.39 Å². The van der Waals surface area contributed by atoms with Gasteiger partial charge >= 0.3 is 0 Å². The maximum Gasteiger partial charge on any atom is 0.123 e. The predicted octanol–water partition coefficient (Wildman–Crippen LogP) is 3.49. The Kier molecular flexibility index (Phi) is 2.64. The van der Waals surface area contributed by atoms with Crippen molar-refractivity contribution in [1.82, 2.24) is 0 Å². The van der Waals surface area contributed by atoms with Crippen molar-refractivity contribution in [3.8, 4) is 0 Å². The molecule has 0 bridgehead atoms. The predicted molar refractivity (Wildman–Crippen MR) is 50.3 cm³/mol. The monoisotopic (exact) mass is 164 g/mol. The topological polar surface area (TPSA) is 0 Å². The van der Waals surface area contributed by atoms with E-state index in [1.165, 1.54) is 12.1 Å². The second-order valence-corrected chi connectivity index (χ2v) is 3.19. The molecule has 0 heterocycles. The van der Waals surface area contributed by atoms with E-state index in [-0.39, 0.29) is 5.82 Å². The van der Waals surface area contributed by atoms with Crippen LogP contribution in [0.5, 0.6) is 0 Å². The first kappa shape index (κ1) is 8.98. The summed E-state index contributed by atoms with van der Waals surface area (Å²) in [5.41, 5.74) is 1.87. The zero-order valence-corrected chi connectivity index (χ0v) is 7.47. The van der Waals surface area contributed by atoms with Crippen LogP contribution >= 0.6 is 0 Å². The lowest BCUT2D eigenvalue weighted by molar-refractivity contribution is 0.627. The fourth-order valence-electron chi connectivity index (χ4n) is 1.02. The normalized spacial score (nSPS) is 10.3. The molecule has 1 heteroatoms. The van der Waals surface area contributed by atoms with E-state index >= 15 is 0 Å². The first-order valence-corrected chi connectivity index (χ1v) is 4.06. The molecule has 0 amide bonds. The van der Waals surface area contributed by atoms with E-state index in [0.29, 0.717) is 5.92 Å². The Morgan fingerprint density at radius 3 is 2.58 bits per heavy atom. The van der Waals surface area contributed by atoms with Crippen molar-refractivity contribution in [2.45, 2.75) is 13.8 Å². The van der Waals surface area contributed by atoms with Gasteiger partial charge in [-0.2, -0.15) is 0 Å². The Bertz CT molecular complexity index is 287. The van der Waals surface area contributed by atoms with E-state index < -0.39 is 0 Å². The quantitative estimate of drug-likeness (QED) is 0.627. The highest BCUT2D eigenvalue weighted by Crippen LogP contribution is 2.20. The molecular weight excluding hydrogens is 151 g/mol. The van der Waals surface area contributed by atoms with Crippen LogP contribution < -0.4 is 0 Å². The van der Waals surface area contributed by atoms with Gasteiger partial charge in [0, 0.05) is 0 Å². The van der Waals surface area contributed by atoms with Crippen LogP contribution in [-0.2, 0) is 0 Å². The minimum atomic E-state index is -0.200. The number of hydrogen-bond acceptors (Lipinski definition) is 0. The number of rotatable bonds is 2. The fraction of sp³-hybridized carbons (Fsp3) is 0.273. The number of halogens is 1. The van der Waals surface area contributed by atoms with E-state index in [9.17, 15) is 4.39 Å². The molecule has 0 unspecified atom stereocenters. The molecule has 0 aromatic heterocycles. The lowest BCUT2D eigenvalue weighted by atomic mass is 9.97. The molecule has 0 aliphatic rings. The van der Waals surface area contributed by atoms with Gasteiger partial charge in [0.2, 0.25) is 0 Å². The summed E-state index contributed by atoms with van der Waals surface area (Å²) in [4.78, 5) is 0. The van der Waals surface area contributed by atoms with Crippen molar-refractivity contribution in [2.24, 2.45) is 5.92 Å². The van der Waals surface area contributed by atoms with Crippen LogP contribution in [0, 0.1) is 11.7 Å². The summed E-state index contributed by atoms with van der Waals surface area (Å²) in [7, 11) is 0. The number of hydrogen-bond donors (Lipinski definition) is 0. The van der Waals surface area contributed by atoms with Crippen molar-refractivity contribution in [2.75, 3.05) is 0 Å². The van der Waals surface area contributed by atoms with Crippen LogP contribution in [0.2, 0.25) is 0 Å². The van der Waals surface area contributed by atoms with Crippen LogP contribution in [0.25, 0.3) is 5.57 Å². The molecule has 1 aromatic rings. The van der Waals surface area contributed by atoms with Crippen molar-refractivity contribution < 1.29 is 4.39 Å². The van der Waals surface area contributed by atoms with Gasteiger partial charge in [-0.3, -0.25) is 0 Å². The summed E-state index contributed by atoms with van der Waals surface area (Å²) in [6.07, 6.45) is 0. The first-order valence-electron chi connectivity index (χ1n) is 4.06. The molecular formula is C11H13F. The molecule has 0 N–H and O–H groups in total. The average Bonchev–Trinajstić information content (AvgIpc) is 2.03. The molecule has 0 atom stereocenters. The molecule has 0 saturated carbocycles. The summed E-state index contributed by atoms with van der Waals surface area (Å²) in [5, 5.41) is 0. The van der Waals surface area contributed by atoms with Gasteiger partial charge in [0.15, 0.2) is 0 Å². The molecule has 0 radical (unpaired) electrons. The standard InChI is InChI=1S/C11H13F/c1-8(2)9(3)10-5-4-6-11(12)7-10/h4-8H,3H2,1-2H3. The molecule has 1 rings (SSSR count). The van der Waals surface area contributed by atoms with Crippen LogP contribution in [0.15, 0.2) is 30.8 Å². The van der Waals surface area contributed by atoms with Gasteiger partial charge in [-0.05, 0) is 29.2 Å². The van der Waals surface area contributed by atoms with Crippen LogP contribution in [0.4, 0.5) is 4.39 Å². The Balaban J connectivity index is 2.96. The Morgan fingerprint density at radius 2 is 2.08 bits per heavy atom.